The number of carbonyl (C=O) groups is 1. The van der Waals surface area contributed by atoms with Gasteiger partial charge in [-0.2, -0.15) is 0 Å². The van der Waals surface area contributed by atoms with E-state index in [1.165, 1.54) is 0 Å². The Bertz CT molecular complexity index is 673. The Morgan fingerprint density at radius 3 is 2.74 bits per heavy atom. The highest BCUT2D eigenvalue weighted by Gasteiger charge is 2.07. The third kappa shape index (κ3) is 5.60. The van der Waals surface area contributed by atoms with Gasteiger partial charge in [0.2, 0.25) is 0 Å². The molecular weight excluding hydrogens is 358 g/mol. The Balaban J connectivity index is 1.89. The van der Waals surface area contributed by atoms with Crippen LogP contribution in [0.3, 0.4) is 0 Å². The van der Waals surface area contributed by atoms with Gasteiger partial charge in [-0.25, -0.2) is 0 Å². The Morgan fingerprint density at radius 2 is 2.00 bits per heavy atom. The lowest BCUT2D eigenvalue weighted by molar-refractivity contribution is -0.118. The number of rotatable bonds is 7. The van der Waals surface area contributed by atoms with Gasteiger partial charge in [-0.1, -0.05) is 19.1 Å². The van der Waals surface area contributed by atoms with Gasteiger partial charge in [0.25, 0.3) is 5.91 Å². The normalized spacial score (nSPS) is 10.2. The number of benzene rings is 2. The highest BCUT2D eigenvalue weighted by Crippen LogP contribution is 2.25. The molecule has 0 unspecified atom stereocenters. The van der Waals surface area contributed by atoms with Gasteiger partial charge in [-0.05, 0) is 59.1 Å². The van der Waals surface area contributed by atoms with E-state index in [1.54, 1.807) is 6.07 Å². The molecule has 23 heavy (non-hydrogen) atoms. The van der Waals surface area contributed by atoms with E-state index in [0.29, 0.717) is 18.0 Å². The molecule has 0 fully saturated rings. The lowest BCUT2D eigenvalue weighted by Gasteiger charge is -2.10. The predicted octanol–water partition coefficient (Wildman–Crippen LogP) is 4.56. The van der Waals surface area contributed by atoms with Gasteiger partial charge in [0.15, 0.2) is 6.61 Å². The van der Waals surface area contributed by atoms with Crippen molar-refractivity contribution in [2.45, 2.75) is 20.3 Å². The standard InChI is InChI=1S/C18H20BrNO3/c1-3-9-22-15-6-4-5-14(11-15)20-18(21)12-23-17-8-7-13(2)10-16(17)19/h4-8,10-11H,3,9,12H2,1-2H3,(H,20,21). The average Bonchev–Trinajstić information content (AvgIpc) is 2.52. The third-order valence-electron chi connectivity index (χ3n) is 3.04. The molecule has 4 nitrogen and oxygen atoms in total. The van der Waals surface area contributed by atoms with Crippen molar-refractivity contribution in [3.8, 4) is 11.5 Å². The number of halogens is 1. The molecule has 2 rings (SSSR count). The summed E-state index contributed by atoms with van der Waals surface area (Å²) < 4.78 is 11.9. The molecule has 0 aliphatic carbocycles. The first-order chi connectivity index (χ1) is 11.1. The number of aryl methyl sites for hydroxylation is 1. The van der Waals surface area contributed by atoms with Gasteiger partial charge in [0, 0.05) is 11.8 Å². The van der Waals surface area contributed by atoms with Crippen molar-refractivity contribution in [1.82, 2.24) is 0 Å². The molecule has 0 aliphatic rings. The second-order valence-corrected chi connectivity index (χ2v) is 6.00. The second-order valence-electron chi connectivity index (χ2n) is 5.15. The minimum Gasteiger partial charge on any atom is -0.494 e. The van der Waals surface area contributed by atoms with Crippen molar-refractivity contribution < 1.29 is 14.3 Å². The maximum atomic E-state index is 12.0. The van der Waals surface area contributed by atoms with Gasteiger partial charge in [0.1, 0.15) is 11.5 Å². The van der Waals surface area contributed by atoms with Crippen LogP contribution in [-0.4, -0.2) is 19.1 Å². The fourth-order valence-electron chi connectivity index (χ4n) is 1.95. The zero-order chi connectivity index (χ0) is 16.7. The van der Waals surface area contributed by atoms with Crippen LogP contribution in [0.4, 0.5) is 5.69 Å². The van der Waals surface area contributed by atoms with E-state index in [-0.39, 0.29) is 12.5 Å². The van der Waals surface area contributed by atoms with Crippen LogP contribution in [0.2, 0.25) is 0 Å². The number of carbonyl (C=O) groups excluding carboxylic acids is 1. The molecule has 0 aliphatic heterocycles. The first-order valence-corrected chi connectivity index (χ1v) is 8.29. The average molecular weight is 378 g/mol. The van der Waals surface area contributed by atoms with Gasteiger partial charge >= 0.3 is 0 Å². The van der Waals surface area contributed by atoms with E-state index in [0.717, 1.165) is 22.2 Å². The number of hydrogen-bond acceptors (Lipinski definition) is 3. The molecule has 2 aromatic rings. The molecule has 0 saturated carbocycles. The maximum Gasteiger partial charge on any atom is 0.262 e. The van der Waals surface area contributed by atoms with E-state index in [9.17, 15) is 4.79 Å². The maximum absolute atomic E-state index is 12.0. The van der Waals surface area contributed by atoms with Crippen LogP contribution in [0.1, 0.15) is 18.9 Å². The number of ether oxygens (including phenoxy) is 2. The first-order valence-electron chi connectivity index (χ1n) is 7.50. The first kappa shape index (κ1) is 17.3. The lowest BCUT2D eigenvalue weighted by Crippen LogP contribution is -2.20. The number of amides is 1. The lowest BCUT2D eigenvalue weighted by atomic mass is 10.2. The van der Waals surface area contributed by atoms with E-state index in [4.69, 9.17) is 9.47 Å². The van der Waals surface area contributed by atoms with Gasteiger partial charge in [-0.3, -0.25) is 4.79 Å². The molecule has 0 heterocycles. The summed E-state index contributed by atoms with van der Waals surface area (Å²) in [4.78, 5) is 12.0. The Labute approximate surface area is 144 Å². The van der Waals surface area contributed by atoms with Crippen molar-refractivity contribution in [3.05, 3.63) is 52.5 Å². The molecule has 0 radical (unpaired) electrons. The highest BCUT2D eigenvalue weighted by molar-refractivity contribution is 9.10. The van der Waals surface area contributed by atoms with Crippen LogP contribution in [0.25, 0.3) is 0 Å². The number of anilines is 1. The molecule has 0 aromatic heterocycles. The minimum atomic E-state index is -0.217. The topological polar surface area (TPSA) is 47.6 Å². The van der Waals surface area contributed by atoms with E-state index < -0.39 is 0 Å². The molecule has 0 bridgehead atoms. The molecule has 0 atom stereocenters. The number of hydrogen-bond donors (Lipinski definition) is 1. The van der Waals surface area contributed by atoms with Crippen molar-refractivity contribution in [1.29, 1.82) is 0 Å². The Hall–Kier alpha value is -2.01. The predicted molar refractivity (Wildman–Crippen MR) is 95.2 cm³/mol. The molecular formula is C18H20BrNO3. The summed E-state index contributed by atoms with van der Waals surface area (Å²) in [6.45, 7) is 4.64. The smallest absolute Gasteiger partial charge is 0.262 e. The Morgan fingerprint density at radius 1 is 1.17 bits per heavy atom. The quantitative estimate of drug-likeness (QED) is 0.768. The van der Waals surface area contributed by atoms with Crippen molar-refractivity contribution in [2.75, 3.05) is 18.5 Å². The summed E-state index contributed by atoms with van der Waals surface area (Å²) in [5.41, 5.74) is 1.81. The molecule has 0 spiro atoms. The van der Waals surface area contributed by atoms with Crippen LogP contribution in [0.5, 0.6) is 11.5 Å². The monoisotopic (exact) mass is 377 g/mol. The molecule has 122 valence electrons. The van der Waals surface area contributed by atoms with Gasteiger partial charge in [-0.15, -0.1) is 0 Å². The second kappa shape index (κ2) is 8.58. The van der Waals surface area contributed by atoms with E-state index in [2.05, 4.69) is 21.2 Å². The summed E-state index contributed by atoms with van der Waals surface area (Å²) in [7, 11) is 0. The van der Waals surface area contributed by atoms with E-state index >= 15 is 0 Å². The molecule has 2 aromatic carbocycles. The molecule has 1 N–H and O–H groups in total. The molecule has 5 heteroatoms. The zero-order valence-electron chi connectivity index (χ0n) is 13.3. The van der Waals surface area contributed by atoms with Crippen LogP contribution in [0.15, 0.2) is 46.9 Å². The van der Waals surface area contributed by atoms with Crippen LogP contribution in [0, 0.1) is 6.92 Å². The van der Waals surface area contributed by atoms with Gasteiger partial charge in [0.05, 0.1) is 11.1 Å². The minimum absolute atomic E-state index is 0.0539. The zero-order valence-corrected chi connectivity index (χ0v) is 14.9. The largest absolute Gasteiger partial charge is 0.494 e. The number of nitrogens with one attached hydrogen (secondary N) is 1. The summed E-state index contributed by atoms with van der Waals surface area (Å²) in [6, 6.07) is 13.1. The van der Waals surface area contributed by atoms with E-state index in [1.807, 2.05) is 50.2 Å². The fraction of sp³-hybridized carbons (Fsp3) is 0.278. The summed E-state index contributed by atoms with van der Waals surface area (Å²) in [6.07, 6.45) is 0.940. The SMILES string of the molecule is CCCOc1cccc(NC(=O)COc2ccc(C)cc2Br)c1. The van der Waals surface area contributed by atoms with Crippen LogP contribution in [-0.2, 0) is 4.79 Å². The van der Waals surface area contributed by atoms with Gasteiger partial charge < -0.3 is 14.8 Å². The van der Waals surface area contributed by atoms with Crippen molar-refractivity contribution >= 4 is 27.5 Å². The molecule has 0 saturated heterocycles. The third-order valence-corrected chi connectivity index (χ3v) is 3.66. The summed E-state index contributed by atoms with van der Waals surface area (Å²) >= 11 is 3.42. The summed E-state index contributed by atoms with van der Waals surface area (Å²) in [5, 5.41) is 2.80. The van der Waals surface area contributed by atoms with Crippen LogP contribution < -0.4 is 14.8 Å². The highest BCUT2D eigenvalue weighted by atomic mass is 79.9. The van der Waals surface area contributed by atoms with Crippen molar-refractivity contribution in [2.24, 2.45) is 0 Å². The van der Waals surface area contributed by atoms with Crippen molar-refractivity contribution in [3.63, 3.8) is 0 Å². The van der Waals surface area contributed by atoms with Crippen LogP contribution >= 0.6 is 15.9 Å². The fourth-order valence-corrected chi connectivity index (χ4v) is 2.55. The summed E-state index contributed by atoms with van der Waals surface area (Å²) in [5.74, 6) is 1.17. The molecule has 1 amide bonds. The Kier molecular flexibility index (Phi) is 6.47.